The molecule has 0 spiro atoms. The second-order valence-electron chi connectivity index (χ2n) is 4.43. The van der Waals surface area contributed by atoms with Gasteiger partial charge in [-0.1, -0.05) is 18.2 Å². The predicted octanol–water partition coefficient (Wildman–Crippen LogP) is 2.83. The zero-order valence-corrected chi connectivity index (χ0v) is 10.4. The minimum Gasteiger partial charge on any atom is -0.504 e. The number of nitrogens with one attached hydrogen (secondary N) is 2. The van der Waals surface area contributed by atoms with Crippen LogP contribution in [0.1, 0.15) is 10.5 Å². The first-order valence-electron chi connectivity index (χ1n) is 6.04. The molecule has 0 aliphatic carbocycles. The molecule has 4 N–H and O–H groups in total. The molecule has 0 unspecified atom stereocenters. The normalized spacial score (nSPS) is 10.6. The van der Waals surface area contributed by atoms with Gasteiger partial charge in [-0.15, -0.1) is 0 Å². The molecule has 0 radical (unpaired) electrons. The number of H-pyrrole nitrogens is 1. The largest absolute Gasteiger partial charge is 0.504 e. The van der Waals surface area contributed by atoms with E-state index in [4.69, 9.17) is 0 Å². The Balaban J connectivity index is 1.92. The molecular formula is C15H12N2O3. The van der Waals surface area contributed by atoms with Gasteiger partial charge in [0, 0.05) is 22.7 Å². The van der Waals surface area contributed by atoms with E-state index < -0.39 is 0 Å². The SMILES string of the molecule is O=C(Nc1ccccc1)c1cc2cc(O)c(O)cc2[nH]1. The lowest BCUT2D eigenvalue weighted by Gasteiger charge is -2.02. The van der Waals surface area contributed by atoms with Gasteiger partial charge in [-0.05, 0) is 24.3 Å². The average Bonchev–Trinajstić information content (AvgIpc) is 2.83. The summed E-state index contributed by atoms with van der Waals surface area (Å²) in [6.45, 7) is 0. The number of phenolic OH excluding ortho intramolecular Hbond substituents is 2. The van der Waals surface area contributed by atoms with Crippen molar-refractivity contribution >= 4 is 22.5 Å². The number of carbonyl (C=O) groups is 1. The first-order chi connectivity index (χ1) is 9.63. The van der Waals surface area contributed by atoms with Crippen molar-refractivity contribution in [3.8, 4) is 11.5 Å². The van der Waals surface area contributed by atoms with Crippen LogP contribution in [0.2, 0.25) is 0 Å². The summed E-state index contributed by atoms with van der Waals surface area (Å²) in [4.78, 5) is 15.0. The van der Waals surface area contributed by atoms with E-state index in [0.29, 0.717) is 22.3 Å². The fraction of sp³-hybridized carbons (Fsp3) is 0. The van der Waals surface area contributed by atoms with E-state index in [1.165, 1.54) is 12.1 Å². The van der Waals surface area contributed by atoms with Crippen molar-refractivity contribution in [3.63, 3.8) is 0 Å². The Labute approximate surface area is 114 Å². The summed E-state index contributed by atoms with van der Waals surface area (Å²) in [6, 6.07) is 13.5. The van der Waals surface area contributed by atoms with E-state index in [-0.39, 0.29) is 17.4 Å². The molecule has 20 heavy (non-hydrogen) atoms. The van der Waals surface area contributed by atoms with E-state index in [1.807, 2.05) is 18.2 Å². The Morgan fingerprint density at radius 1 is 1.00 bits per heavy atom. The van der Waals surface area contributed by atoms with Gasteiger partial charge in [-0.3, -0.25) is 4.79 Å². The van der Waals surface area contributed by atoms with E-state index >= 15 is 0 Å². The van der Waals surface area contributed by atoms with Crippen molar-refractivity contribution in [2.75, 3.05) is 5.32 Å². The number of amides is 1. The molecule has 0 aliphatic heterocycles. The second kappa shape index (κ2) is 4.62. The summed E-state index contributed by atoms with van der Waals surface area (Å²) in [6.07, 6.45) is 0. The van der Waals surface area contributed by atoms with Crippen LogP contribution in [0.3, 0.4) is 0 Å². The summed E-state index contributed by atoms with van der Waals surface area (Å²) in [5, 5.41) is 22.3. The monoisotopic (exact) mass is 268 g/mol. The zero-order valence-electron chi connectivity index (χ0n) is 10.4. The van der Waals surface area contributed by atoms with Crippen LogP contribution < -0.4 is 5.32 Å². The number of carbonyl (C=O) groups excluding carboxylic acids is 1. The molecule has 1 amide bonds. The number of hydrogen-bond acceptors (Lipinski definition) is 3. The van der Waals surface area contributed by atoms with E-state index in [9.17, 15) is 15.0 Å². The number of fused-ring (bicyclic) bond motifs is 1. The van der Waals surface area contributed by atoms with Gasteiger partial charge in [0.2, 0.25) is 0 Å². The number of rotatable bonds is 2. The van der Waals surface area contributed by atoms with Gasteiger partial charge in [-0.2, -0.15) is 0 Å². The Bertz CT molecular complexity index is 739. The molecular weight excluding hydrogens is 256 g/mol. The Morgan fingerprint density at radius 3 is 2.45 bits per heavy atom. The first-order valence-corrected chi connectivity index (χ1v) is 6.04. The molecule has 2 aromatic carbocycles. The van der Waals surface area contributed by atoms with Gasteiger partial charge in [0.05, 0.1) is 0 Å². The number of aromatic nitrogens is 1. The molecule has 0 saturated carbocycles. The van der Waals surface area contributed by atoms with E-state index in [0.717, 1.165) is 0 Å². The van der Waals surface area contributed by atoms with Gasteiger partial charge < -0.3 is 20.5 Å². The molecule has 0 saturated heterocycles. The number of benzene rings is 2. The van der Waals surface area contributed by atoms with Gasteiger partial charge in [-0.25, -0.2) is 0 Å². The summed E-state index contributed by atoms with van der Waals surface area (Å²) in [7, 11) is 0. The van der Waals surface area contributed by atoms with Crippen LogP contribution in [-0.4, -0.2) is 21.1 Å². The summed E-state index contributed by atoms with van der Waals surface area (Å²) < 4.78 is 0. The number of phenols is 2. The lowest BCUT2D eigenvalue weighted by Crippen LogP contribution is -2.11. The average molecular weight is 268 g/mol. The topological polar surface area (TPSA) is 85.3 Å². The standard InChI is InChI=1S/C15H12N2O3/c18-13-7-9-6-12(17-11(9)8-14(13)19)15(20)16-10-4-2-1-3-5-10/h1-8,17-19H,(H,16,20). The molecule has 0 fully saturated rings. The van der Waals surface area contributed by atoms with Gasteiger partial charge in [0.1, 0.15) is 5.69 Å². The fourth-order valence-electron chi connectivity index (χ4n) is 2.00. The highest BCUT2D eigenvalue weighted by atomic mass is 16.3. The lowest BCUT2D eigenvalue weighted by atomic mass is 10.2. The van der Waals surface area contributed by atoms with Gasteiger partial charge in [0.25, 0.3) is 5.91 Å². The first kappa shape index (κ1) is 12.1. The molecule has 0 aliphatic rings. The Hall–Kier alpha value is -2.95. The summed E-state index contributed by atoms with van der Waals surface area (Å²) in [5.74, 6) is -0.729. The van der Waals surface area contributed by atoms with Gasteiger partial charge in [0.15, 0.2) is 11.5 Å². The van der Waals surface area contributed by atoms with Crippen molar-refractivity contribution in [1.82, 2.24) is 4.98 Å². The van der Waals surface area contributed by atoms with Crippen LogP contribution in [0.25, 0.3) is 10.9 Å². The Morgan fingerprint density at radius 2 is 1.70 bits per heavy atom. The van der Waals surface area contributed by atoms with Gasteiger partial charge >= 0.3 is 0 Å². The van der Waals surface area contributed by atoms with Crippen LogP contribution in [0.15, 0.2) is 48.5 Å². The van der Waals surface area contributed by atoms with Crippen LogP contribution >= 0.6 is 0 Å². The molecule has 0 atom stereocenters. The third-order valence-electron chi connectivity index (χ3n) is 2.99. The molecule has 5 nitrogen and oxygen atoms in total. The fourth-order valence-corrected chi connectivity index (χ4v) is 2.00. The van der Waals surface area contributed by atoms with E-state index in [1.54, 1.807) is 18.2 Å². The smallest absolute Gasteiger partial charge is 0.272 e. The molecule has 1 aromatic heterocycles. The highest BCUT2D eigenvalue weighted by Crippen LogP contribution is 2.30. The third-order valence-corrected chi connectivity index (χ3v) is 2.99. The molecule has 5 heteroatoms. The molecule has 100 valence electrons. The van der Waals surface area contributed by atoms with Crippen molar-refractivity contribution in [1.29, 1.82) is 0 Å². The molecule has 1 heterocycles. The summed E-state index contributed by atoms with van der Waals surface area (Å²) >= 11 is 0. The molecule has 3 aromatic rings. The summed E-state index contributed by atoms with van der Waals surface area (Å²) in [5.41, 5.74) is 1.63. The van der Waals surface area contributed by atoms with Crippen molar-refractivity contribution in [2.24, 2.45) is 0 Å². The number of anilines is 1. The number of aromatic amines is 1. The predicted molar refractivity (Wildman–Crippen MR) is 76.0 cm³/mol. The van der Waals surface area contributed by atoms with Crippen molar-refractivity contribution in [3.05, 3.63) is 54.2 Å². The quantitative estimate of drug-likeness (QED) is 0.539. The maximum Gasteiger partial charge on any atom is 0.272 e. The second-order valence-corrected chi connectivity index (χ2v) is 4.43. The van der Waals surface area contributed by atoms with Crippen molar-refractivity contribution < 1.29 is 15.0 Å². The third kappa shape index (κ3) is 2.16. The molecule has 3 rings (SSSR count). The van der Waals surface area contributed by atoms with Crippen molar-refractivity contribution in [2.45, 2.75) is 0 Å². The van der Waals surface area contributed by atoms with Crippen LogP contribution in [0.5, 0.6) is 11.5 Å². The minimum absolute atomic E-state index is 0.216. The zero-order chi connectivity index (χ0) is 14.1. The van der Waals surface area contributed by atoms with Crippen LogP contribution in [0.4, 0.5) is 5.69 Å². The van der Waals surface area contributed by atoms with Crippen LogP contribution in [0, 0.1) is 0 Å². The van der Waals surface area contributed by atoms with E-state index in [2.05, 4.69) is 10.3 Å². The Kier molecular flexibility index (Phi) is 2.80. The molecule has 0 bridgehead atoms. The van der Waals surface area contributed by atoms with Crippen LogP contribution in [-0.2, 0) is 0 Å². The minimum atomic E-state index is -0.286. The lowest BCUT2D eigenvalue weighted by molar-refractivity contribution is 0.102. The maximum atomic E-state index is 12.1. The number of aromatic hydroxyl groups is 2. The number of hydrogen-bond donors (Lipinski definition) is 4. The number of para-hydroxylation sites is 1. The highest BCUT2D eigenvalue weighted by molar-refractivity contribution is 6.06. The maximum absolute atomic E-state index is 12.1. The highest BCUT2D eigenvalue weighted by Gasteiger charge is 2.11.